The maximum absolute atomic E-state index is 14.6. The molecule has 2 aromatic heterocycles. The van der Waals surface area contributed by atoms with E-state index in [1.807, 2.05) is 6.07 Å². The Kier molecular flexibility index (Phi) is 4.41. The van der Waals surface area contributed by atoms with E-state index in [0.29, 0.717) is 22.3 Å². The van der Waals surface area contributed by atoms with Crippen LogP contribution in [0.25, 0.3) is 27.8 Å². The number of aromatic nitrogens is 3. The molecule has 0 saturated carbocycles. The Morgan fingerprint density at radius 1 is 1.21 bits per heavy atom. The van der Waals surface area contributed by atoms with Crippen molar-refractivity contribution in [3.8, 4) is 23.0 Å². The summed E-state index contributed by atoms with van der Waals surface area (Å²) in [6.07, 6.45) is 1.44. The third kappa shape index (κ3) is 2.95. The molecular formula is C21H14FN5O2. The average Bonchev–Trinajstić information content (AvgIpc) is 3.13. The van der Waals surface area contributed by atoms with Gasteiger partial charge in [0.15, 0.2) is 0 Å². The van der Waals surface area contributed by atoms with Crippen LogP contribution in [0.4, 0.5) is 4.39 Å². The second-order valence-corrected chi connectivity index (χ2v) is 6.23. The Labute approximate surface area is 164 Å². The van der Waals surface area contributed by atoms with Crippen LogP contribution in [0.15, 0.2) is 59.5 Å². The summed E-state index contributed by atoms with van der Waals surface area (Å²) in [5.41, 5.74) is 1.38. The molecule has 0 aliphatic heterocycles. The zero-order chi connectivity index (χ0) is 20.5. The summed E-state index contributed by atoms with van der Waals surface area (Å²) in [7, 11) is 1.53. The molecule has 0 atom stereocenters. The fourth-order valence-electron chi connectivity index (χ4n) is 3.19. The number of amides is 1. The van der Waals surface area contributed by atoms with Crippen LogP contribution in [0.1, 0.15) is 15.9 Å². The minimum atomic E-state index is -0.629. The standard InChI is InChI=1S/C21H14FN5O2/c1-24-20(28)13-7-5-12(6-8-13)18-17-16(9-10-25-21(17)29)27(26-18)19-14(11-23)3-2-4-15(19)22/h2-10H,1H3,(H,24,28)(H,25,29). The van der Waals surface area contributed by atoms with Crippen molar-refractivity contribution in [1.82, 2.24) is 20.1 Å². The molecule has 29 heavy (non-hydrogen) atoms. The van der Waals surface area contributed by atoms with Gasteiger partial charge in [-0.1, -0.05) is 18.2 Å². The monoisotopic (exact) mass is 387 g/mol. The number of carbonyl (C=O) groups is 1. The molecular weight excluding hydrogens is 373 g/mol. The minimum absolute atomic E-state index is 0.0289. The Morgan fingerprint density at radius 2 is 1.97 bits per heavy atom. The number of para-hydroxylation sites is 1. The highest BCUT2D eigenvalue weighted by molar-refractivity contribution is 5.96. The second kappa shape index (κ2) is 7.05. The van der Waals surface area contributed by atoms with Crippen LogP contribution in [0.2, 0.25) is 0 Å². The van der Waals surface area contributed by atoms with Gasteiger partial charge < -0.3 is 10.3 Å². The highest BCUT2D eigenvalue weighted by Crippen LogP contribution is 2.29. The number of hydrogen-bond acceptors (Lipinski definition) is 4. The fourth-order valence-corrected chi connectivity index (χ4v) is 3.19. The smallest absolute Gasteiger partial charge is 0.259 e. The van der Waals surface area contributed by atoms with Gasteiger partial charge in [-0.25, -0.2) is 9.07 Å². The summed E-state index contributed by atoms with van der Waals surface area (Å²) in [5, 5.41) is 16.7. The number of nitrogens with one attached hydrogen (secondary N) is 2. The van der Waals surface area contributed by atoms with Crippen LogP contribution < -0.4 is 10.9 Å². The highest BCUT2D eigenvalue weighted by Gasteiger charge is 2.20. The molecule has 1 amide bonds. The van der Waals surface area contributed by atoms with Gasteiger partial charge in [-0.2, -0.15) is 10.4 Å². The molecule has 7 nitrogen and oxygen atoms in total. The van der Waals surface area contributed by atoms with Crippen molar-refractivity contribution in [3.05, 3.63) is 82.0 Å². The quantitative estimate of drug-likeness (QED) is 0.564. The summed E-state index contributed by atoms with van der Waals surface area (Å²) >= 11 is 0. The Balaban J connectivity index is 2.00. The van der Waals surface area contributed by atoms with Crippen LogP contribution in [0.5, 0.6) is 0 Å². The summed E-state index contributed by atoms with van der Waals surface area (Å²) in [6.45, 7) is 0. The van der Waals surface area contributed by atoms with Gasteiger partial charge in [0.1, 0.15) is 23.3 Å². The maximum Gasteiger partial charge on any atom is 0.259 e. The lowest BCUT2D eigenvalue weighted by atomic mass is 10.1. The van der Waals surface area contributed by atoms with Gasteiger partial charge in [0.05, 0.1) is 16.5 Å². The number of halogens is 1. The SMILES string of the molecule is CNC(=O)c1ccc(-c2nn(-c3c(F)cccc3C#N)c3cc[nH]c(=O)c23)cc1. The van der Waals surface area contributed by atoms with Crippen molar-refractivity contribution < 1.29 is 9.18 Å². The Hall–Kier alpha value is -4.25. The summed E-state index contributed by atoms with van der Waals surface area (Å²) in [6, 6.07) is 14.3. The minimum Gasteiger partial charge on any atom is -0.355 e. The van der Waals surface area contributed by atoms with Gasteiger partial charge in [0.25, 0.3) is 11.5 Å². The van der Waals surface area contributed by atoms with Crippen molar-refractivity contribution in [2.45, 2.75) is 0 Å². The molecule has 8 heteroatoms. The third-order valence-corrected chi connectivity index (χ3v) is 4.57. The number of rotatable bonds is 3. The highest BCUT2D eigenvalue weighted by atomic mass is 19.1. The first-order chi connectivity index (χ1) is 14.0. The van der Waals surface area contributed by atoms with Crippen molar-refractivity contribution in [1.29, 1.82) is 5.26 Å². The van der Waals surface area contributed by atoms with Gasteiger partial charge in [0, 0.05) is 24.4 Å². The molecule has 142 valence electrons. The van der Waals surface area contributed by atoms with E-state index in [9.17, 15) is 19.2 Å². The van der Waals surface area contributed by atoms with Crippen LogP contribution in [-0.4, -0.2) is 27.7 Å². The van der Waals surface area contributed by atoms with E-state index in [1.165, 1.54) is 36.1 Å². The van der Waals surface area contributed by atoms with E-state index >= 15 is 0 Å². The van der Waals surface area contributed by atoms with Gasteiger partial charge in [0.2, 0.25) is 0 Å². The zero-order valence-electron chi connectivity index (χ0n) is 15.2. The van der Waals surface area contributed by atoms with E-state index in [0.717, 1.165) is 0 Å². The van der Waals surface area contributed by atoms with Gasteiger partial charge in [-0.15, -0.1) is 0 Å². The second-order valence-electron chi connectivity index (χ2n) is 6.23. The molecule has 0 radical (unpaired) electrons. The number of fused-ring (bicyclic) bond motifs is 1. The Morgan fingerprint density at radius 3 is 2.66 bits per heavy atom. The third-order valence-electron chi connectivity index (χ3n) is 4.57. The lowest BCUT2D eigenvalue weighted by Crippen LogP contribution is -2.17. The van der Waals surface area contributed by atoms with E-state index in [1.54, 1.807) is 30.3 Å². The van der Waals surface area contributed by atoms with Gasteiger partial charge in [-0.3, -0.25) is 9.59 Å². The fraction of sp³-hybridized carbons (Fsp3) is 0.0476. The van der Waals surface area contributed by atoms with Crippen molar-refractivity contribution in [2.75, 3.05) is 7.05 Å². The van der Waals surface area contributed by atoms with Crippen LogP contribution >= 0.6 is 0 Å². The molecule has 4 rings (SSSR count). The van der Waals surface area contributed by atoms with Crippen LogP contribution in [-0.2, 0) is 0 Å². The maximum atomic E-state index is 14.6. The molecule has 0 aliphatic carbocycles. The zero-order valence-corrected chi connectivity index (χ0v) is 15.2. The number of nitriles is 1. The lowest BCUT2D eigenvalue weighted by Gasteiger charge is -2.06. The molecule has 2 aromatic carbocycles. The molecule has 0 aliphatic rings. The van der Waals surface area contributed by atoms with E-state index < -0.39 is 11.4 Å². The summed E-state index contributed by atoms with van der Waals surface area (Å²) in [4.78, 5) is 26.9. The first-order valence-corrected chi connectivity index (χ1v) is 8.67. The molecule has 4 aromatic rings. The number of nitrogens with zero attached hydrogens (tertiary/aromatic N) is 3. The van der Waals surface area contributed by atoms with E-state index in [4.69, 9.17) is 0 Å². The van der Waals surface area contributed by atoms with Gasteiger partial charge >= 0.3 is 0 Å². The molecule has 0 saturated heterocycles. The molecule has 0 unspecified atom stereocenters. The van der Waals surface area contributed by atoms with E-state index in [-0.39, 0.29) is 22.5 Å². The first kappa shape index (κ1) is 18.1. The Bertz CT molecular complexity index is 1350. The van der Waals surface area contributed by atoms with Crippen molar-refractivity contribution in [2.24, 2.45) is 0 Å². The molecule has 0 fully saturated rings. The predicted octanol–water partition coefficient (Wildman–Crippen LogP) is 2.75. The molecule has 0 bridgehead atoms. The van der Waals surface area contributed by atoms with Crippen LogP contribution in [0.3, 0.4) is 0 Å². The largest absolute Gasteiger partial charge is 0.355 e. The van der Waals surface area contributed by atoms with Crippen molar-refractivity contribution in [3.63, 3.8) is 0 Å². The van der Waals surface area contributed by atoms with E-state index in [2.05, 4.69) is 15.4 Å². The molecule has 2 N–H and O–H groups in total. The number of hydrogen-bond donors (Lipinski definition) is 2. The predicted molar refractivity (Wildman–Crippen MR) is 105 cm³/mol. The van der Waals surface area contributed by atoms with Crippen molar-refractivity contribution >= 4 is 16.8 Å². The van der Waals surface area contributed by atoms with Crippen LogP contribution in [0, 0.1) is 17.1 Å². The number of carbonyl (C=O) groups excluding carboxylic acids is 1. The topological polar surface area (TPSA) is 104 Å². The average molecular weight is 387 g/mol. The summed E-state index contributed by atoms with van der Waals surface area (Å²) < 4.78 is 15.9. The lowest BCUT2D eigenvalue weighted by molar-refractivity contribution is 0.0963. The normalized spacial score (nSPS) is 10.7. The molecule has 0 spiro atoms. The number of aromatic amines is 1. The number of pyridine rings is 1. The number of H-pyrrole nitrogens is 1. The van der Waals surface area contributed by atoms with Gasteiger partial charge in [-0.05, 0) is 30.3 Å². The summed E-state index contributed by atoms with van der Waals surface area (Å²) in [5.74, 6) is -0.870. The number of benzene rings is 2. The first-order valence-electron chi connectivity index (χ1n) is 8.67. The molecule has 2 heterocycles.